The predicted octanol–water partition coefficient (Wildman–Crippen LogP) is 5.34. The van der Waals surface area contributed by atoms with Crippen LogP contribution in [0.1, 0.15) is 46.0 Å². The second-order valence-electron chi connectivity index (χ2n) is 8.03. The minimum Gasteiger partial charge on any atom is -0.492 e. The number of benzene rings is 1. The lowest BCUT2D eigenvalue weighted by atomic mass is 9.45. The highest BCUT2D eigenvalue weighted by atomic mass is 35.5. The first-order chi connectivity index (χ1) is 11.9. The lowest BCUT2D eigenvalue weighted by Gasteiger charge is -2.60. The summed E-state index contributed by atoms with van der Waals surface area (Å²) in [5, 5.41) is 4.20. The third kappa shape index (κ3) is 4.25. The summed E-state index contributed by atoms with van der Waals surface area (Å²) in [7, 11) is 0. The normalized spacial score (nSPS) is 26.6. The summed E-state index contributed by atoms with van der Waals surface area (Å²) in [6.07, 6.45) is 5.08. The smallest absolute Gasteiger partial charge is 0.220 e. The molecular weight excluding hydrogens is 357 g/mol. The topological polar surface area (TPSA) is 38.3 Å². The molecule has 1 aromatic rings. The average molecular weight is 384 g/mol. The van der Waals surface area contributed by atoms with Crippen LogP contribution in [0.15, 0.2) is 18.2 Å². The molecule has 0 radical (unpaired) electrons. The molecule has 3 nitrogen and oxygen atoms in total. The molecule has 138 valence electrons. The fourth-order valence-electron chi connectivity index (χ4n) is 4.55. The van der Waals surface area contributed by atoms with E-state index in [1.807, 2.05) is 0 Å². The summed E-state index contributed by atoms with van der Waals surface area (Å²) in [6, 6.07) is 5.15. The molecule has 5 heteroatoms. The molecule has 3 fully saturated rings. The summed E-state index contributed by atoms with van der Waals surface area (Å²) in [4.78, 5) is 12.1. The lowest BCUT2D eigenvalue weighted by Crippen LogP contribution is -2.54. The highest BCUT2D eigenvalue weighted by molar-refractivity contribution is 6.35. The van der Waals surface area contributed by atoms with Gasteiger partial charge in [-0.3, -0.25) is 4.79 Å². The van der Waals surface area contributed by atoms with E-state index >= 15 is 0 Å². The Morgan fingerprint density at radius 1 is 1.32 bits per heavy atom. The van der Waals surface area contributed by atoms with Gasteiger partial charge < -0.3 is 10.1 Å². The number of rotatable bonds is 7. The van der Waals surface area contributed by atoms with Crippen molar-refractivity contribution in [3.05, 3.63) is 28.2 Å². The van der Waals surface area contributed by atoms with Crippen LogP contribution in [0, 0.1) is 23.2 Å². The predicted molar refractivity (Wildman–Crippen MR) is 102 cm³/mol. The van der Waals surface area contributed by atoms with Crippen LogP contribution in [0.25, 0.3) is 0 Å². The standard InChI is InChI=1S/C20H27Cl2NO2/c1-20(2)14-6-5-13(16(20)10-14)12-23-19(24)4-3-9-25-18-8-7-15(21)11-17(18)22/h7-8,11,13-14,16H,3-6,9-10,12H2,1-2H3,(H,23,24)/t13-,14+,16-/m0/s1. The van der Waals surface area contributed by atoms with E-state index in [4.69, 9.17) is 27.9 Å². The second-order valence-corrected chi connectivity index (χ2v) is 8.87. The van der Waals surface area contributed by atoms with Crippen molar-refractivity contribution in [2.24, 2.45) is 23.2 Å². The highest BCUT2D eigenvalue weighted by Crippen LogP contribution is 2.61. The molecule has 4 rings (SSSR count). The molecule has 2 bridgehead atoms. The largest absolute Gasteiger partial charge is 0.492 e. The number of ether oxygens (including phenoxy) is 1. The lowest BCUT2D eigenvalue weighted by molar-refractivity contribution is -0.125. The van der Waals surface area contributed by atoms with Gasteiger partial charge in [0.15, 0.2) is 0 Å². The fourth-order valence-corrected chi connectivity index (χ4v) is 5.01. The third-order valence-corrected chi connectivity index (χ3v) is 6.79. The number of hydrogen-bond acceptors (Lipinski definition) is 2. The zero-order valence-electron chi connectivity index (χ0n) is 15.0. The van der Waals surface area contributed by atoms with E-state index in [1.165, 1.54) is 19.3 Å². The molecule has 0 saturated heterocycles. The molecule has 1 aromatic carbocycles. The van der Waals surface area contributed by atoms with Gasteiger partial charge in [0.05, 0.1) is 11.6 Å². The van der Waals surface area contributed by atoms with E-state index in [0.29, 0.717) is 46.6 Å². The van der Waals surface area contributed by atoms with E-state index in [0.717, 1.165) is 18.4 Å². The molecular formula is C20H27Cl2NO2. The van der Waals surface area contributed by atoms with Crippen molar-refractivity contribution >= 4 is 29.1 Å². The quantitative estimate of drug-likeness (QED) is 0.645. The Kier molecular flexibility index (Phi) is 5.85. The minimum atomic E-state index is 0.116. The van der Waals surface area contributed by atoms with Crippen molar-refractivity contribution in [2.45, 2.75) is 46.0 Å². The minimum absolute atomic E-state index is 0.116. The van der Waals surface area contributed by atoms with Crippen molar-refractivity contribution in [2.75, 3.05) is 13.2 Å². The van der Waals surface area contributed by atoms with Crippen molar-refractivity contribution in [3.8, 4) is 5.75 Å². The number of nitrogens with one attached hydrogen (secondary N) is 1. The van der Waals surface area contributed by atoms with Gasteiger partial charge in [-0.25, -0.2) is 0 Å². The van der Waals surface area contributed by atoms with E-state index in [2.05, 4.69) is 19.2 Å². The van der Waals surface area contributed by atoms with Gasteiger partial charge in [0, 0.05) is 18.0 Å². The van der Waals surface area contributed by atoms with Crippen molar-refractivity contribution in [1.82, 2.24) is 5.32 Å². The van der Waals surface area contributed by atoms with Gasteiger partial charge in [-0.15, -0.1) is 0 Å². The molecule has 0 aliphatic heterocycles. The Morgan fingerprint density at radius 3 is 2.80 bits per heavy atom. The van der Waals surface area contributed by atoms with Gasteiger partial charge in [-0.05, 0) is 67.1 Å². The van der Waals surface area contributed by atoms with Gasteiger partial charge in [0.1, 0.15) is 5.75 Å². The molecule has 1 amide bonds. The molecule has 1 N–H and O–H groups in total. The molecule has 3 saturated carbocycles. The molecule has 3 aliphatic carbocycles. The molecule has 3 aliphatic rings. The first-order valence-electron chi connectivity index (χ1n) is 9.22. The van der Waals surface area contributed by atoms with Gasteiger partial charge in [0.2, 0.25) is 5.91 Å². The number of fused-ring (bicyclic) bond motifs is 2. The molecule has 0 aromatic heterocycles. The van der Waals surface area contributed by atoms with E-state index in [1.54, 1.807) is 18.2 Å². The summed E-state index contributed by atoms with van der Waals surface area (Å²) in [5.41, 5.74) is 0.472. The SMILES string of the molecule is CC1(C)[C@@H]2CC[C@@H](CNC(=O)CCCOc3ccc(Cl)cc3Cl)[C@@H]1C2. The Labute approximate surface area is 160 Å². The van der Waals surface area contributed by atoms with E-state index < -0.39 is 0 Å². The Hall–Kier alpha value is -0.930. The van der Waals surface area contributed by atoms with Gasteiger partial charge in [-0.2, -0.15) is 0 Å². The number of carbonyl (C=O) groups is 1. The second kappa shape index (κ2) is 7.75. The van der Waals surface area contributed by atoms with Crippen LogP contribution in [0.3, 0.4) is 0 Å². The monoisotopic (exact) mass is 383 g/mol. The van der Waals surface area contributed by atoms with Crippen LogP contribution >= 0.6 is 23.2 Å². The number of halogens is 2. The highest BCUT2D eigenvalue weighted by Gasteiger charge is 2.53. The van der Waals surface area contributed by atoms with Crippen molar-refractivity contribution in [1.29, 1.82) is 0 Å². The Morgan fingerprint density at radius 2 is 2.12 bits per heavy atom. The van der Waals surface area contributed by atoms with Crippen LogP contribution in [-0.4, -0.2) is 19.1 Å². The van der Waals surface area contributed by atoms with Gasteiger partial charge in [0.25, 0.3) is 0 Å². The first-order valence-corrected chi connectivity index (χ1v) is 9.98. The number of hydrogen-bond donors (Lipinski definition) is 1. The molecule has 0 heterocycles. The maximum absolute atomic E-state index is 12.1. The van der Waals surface area contributed by atoms with Crippen LogP contribution in [0.2, 0.25) is 10.0 Å². The van der Waals surface area contributed by atoms with Crippen molar-refractivity contribution in [3.63, 3.8) is 0 Å². The molecule has 0 spiro atoms. The van der Waals surface area contributed by atoms with Crippen LogP contribution in [-0.2, 0) is 4.79 Å². The van der Waals surface area contributed by atoms with Crippen LogP contribution < -0.4 is 10.1 Å². The fraction of sp³-hybridized carbons (Fsp3) is 0.650. The Bertz CT molecular complexity index is 630. The van der Waals surface area contributed by atoms with Crippen LogP contribution in [0.5, 0.6) is 5.75 Å². The zero-order chi connectivity index (χ0) is 18.0. The summed E-state index contributed by atoms with van der Waals surface area (Å²) in [6.45, 7) is 6.07. The molecule has 0 unspecified atom stereocenters. The number of carbonyl (C=O) groups excluding carboxylic acids is 1. The summed E-state index contributed by atoms with van der Waals surface area (Å²) in [5.74, 6) is 3.05. The maximum atomic E-state index is 12.1. The van der Waals surface area contributed by atoms with E-state index in [-0.39, 0.29) is 5.91 Å². The maximum Gasteiger partial charge on any atom is 0.220 e. The Balaban J connectivity index is 1.33. The summed E-state index contributed by atoms with van der Waals surface area (Å²) < 4.78 is 5.62. The van der Waals surface area contributed by atoms with Gasteiger partial charge >= 0.3 is 0 Å². The molecule has 25 heavy (non-hydrogen) atoms. The van der Waals surface area contributed by atoms with E-state index in [9.17, 15) is 4.79 Å². The first kappa shape index (κ1) is 18.8. The number of amides is 1. The average Bonchev–Trinajstić information content (AvgIpc) is 2.58. The van der Waals surface area contributed by atoms with Gasteiger partial charge in [-0.1, -0.05) is 37.0 Å². The van der Waals surface area contributed by atoms with Crippen molar-refractivity contribution < 1.29 is 9.53 Å². The third-order valence-electron chi connectivity index (χ3n) is 6.26. The zero-order valence-corrected chi connectivity index (χ0v) is 16.5. The summed E-state index contributed by atoms with van der Waals surface area (Å²) >= 11 is 11.9. The molecule has 3 atom stereocenters. The van der Waals surface area contributed by atoms with Crippen LogP contribution in [0.4, 0.5) is 0 Å².